The highest BCUT2D eigenvalue weighted by Gasteiger charge is 2.37. The summed E-state index contributed by atoms with van der Waals surface area (Å²) in [5, 5.41) is 0. The Labute approximate surface area is 97.6 Å². The number of hydrogen-bond donors (Lipinski definition) is 1. The molecular weight excluding hydrogens is 241 g/mol. The third-order valence-electron chi connectivity index (χ3n) is 3.18. The second-order valence-corrected chi connectivity index (χ2v) is 4.97. The van der Waals surface area contributed by atoms with Crippen LogP contribution in [0.2, 0.25) is 0 Å². The van der Waals surface area contributed by atoms with Crippen LogP contribution < -0.4 is 5.73 Å². The Hall–Kier alpha value is -0.390. The number of rotatable bonds is 4. The van der Waals surface area contributed by atoms with Gasteiger partial charge in [0.05, 0.1) is 0 Å². The van der Waals surface area contributed by atoms with Gasteiger partial charge in [0.2, 0.25) is 5.92 Å². The van der Waals surface area contributed by atoms with Gasteiger partial charge in [0.25, 0.3) is 0 Å². The molecule has 1 aliphatic carbocycles. The second kappa shape index (κ2) is 5.50. The minimum atomic E-state index is -4.21. The van der Waals surface area contributed by atoms with Crippen LogP contribution >= 0.6 is 0 Å². The van der Waals surface area contributed by atoms with Gasteiger partial charge in [0, 0.05) is 25.3 Å². The van der Waals surface area contributed by atoms with Crippen LogP contribution in [0.4, 0.5) is 22.0 Å². The molecule has 0 amide bonds. The summed E-state index contributed by atoms with van der Waals surface area (Å²) in [4.78, 5) is 0. The lowest BCUT2D eigenvalue weighted by Crippen LogP contribution is -2.31. The molecular formula is C11H18F5N. The first-order chi connectivity index (χ1) is 7.68. The average molecular weight is 259 g/mol. The average Bonchev–Trinajstić information content (AvgIpc) is 2.12. The smallest absolute Gasteiger partial charge is 0.328 e. The van der Waals surface area contributed by atoms with Gasteiger partial charge in [-0.25, -0.2) is 8.78 Å². The van der Waals surface area contributed by atoms with Crippen molar-refractivity contribution in [2.24, 2.45) is 11.7 Å². The van der Waals surface area contributed by atoms with E-state index >= 15 is 0 Å². The standard InChI is InChI=1S/C11H18F5N/c12-10(13)4-1-2-8(7-10)6-9(17)3-5-11(14,15)16/h8-9H,1-7,17H2. The summed E-state index contributed by atoms with van der Waals surface area (Å²) >= 11 is 0. The first-order valence-electron chi connectivity index (χ1n) is 5.88. The van der Waals surface area contributed by atoms with Crippen molar-refractivity contribution in [1.82, 2.24) is 0 Å². The first kappa shape index (κ1) is 14.7. The summed E-state index contributed by atoms with van der Waals surface area (Å²) in [7, 11) is 0. The molecule has 0 aromatic heterocycles. The first-order valence-corrected chi connectivity index (χ1v) is 5.88. The molecule has 0 saturated heterocycles. The van der Waals surface area contributed by atoms with Gasteiger partial charge >= 0.3 is 6.18 Å². The van der Waals surface area contributed by atoms with E-state index < -0.39 is 24.6 Å². The van der Waals surface area contributed by atoms with Crippen molar-refractivity contribution in [2.75, 3.05) is 0 Å². The van der Waals surface area contributed by atoms with Gasteiger partial charge in [-0.05, 0) is 31.6 Å². The van der Waals surface area contributed by atoms with E-state index in [0.29, 0.717) is 12.8 Å². The quantitative estimate of drug-likeness (QED) is 0.762. The van der Waals surface area contributed by atoms with E-state index in [1.807, 2.05) is 0 Å². The maximum absolute atomic E-state index is 13.1. The van der Waals surface area contributed by atoms with Crippen molar-refractivity contribution < 1.29 is 22.0 Å². The lowest BCUT2D eigenvalue weighted by Gasteiger charge is -2.30. The van der Waals surface area contributed by atoms with Gasteiger partial charge in [-0.2, -0.15) is 13.2 Å². The lowest BCUT2D eigenvalue weighted by molar-refractivity contribution is -0.136. The minimum absolute atomic E-state index is 0.110. The van der Waals surface area contributed by atoms with Crippen LogP contribution in [-0.2, 0) is 0 Å². The largest absolute Gasteiger partial charge is 0.389 e. The zero-order valence-electron chi connectivity index (χ0n) is 9.57. The van der Waals surface area contributed by atoms with Crippen molar-refractivity contribution in [3.05, 3.63) is 0 Å². The molecule has 2 atom stereocenters. The van der Waals surface area contributed by atoms with E-state index in [1.54, 1.807) is 0 Å². The van der Waals surface area contributed by atoms with Crippen molar-refractivity contribution in [1.29, 1.82) is 0 Å². The van der Waals surface area contributed by atoms with Crippen molar-refractivity contribution in [3.63, 3.8) is 0 Å². The maximum atomic E-state index is 13.1. The van der Waals surface area contributed by atoms with E-state index in [9.17, 15) is 22.0 Å². The summed E-state index contributed by atoms with van der Waals surface area (Å²) in [5.41, 5.74) is 5.56. The summed E-state index contributed by atoms with van der Waals surface area (Å²) in [6, 6.07) is -0.629. The summed E-state index contributed by atoms with van der Waals surface area (Å²) in [6.07, 6.45) is -4.31. The SMILES string of the molecule is NC(CCC(F)(F)F)CC1CCCC(F)(F)C1. The van der Waals surface area contributed by atoms with Crippen LogP contribution in [-0.4, -0.2) is 18.1 Å². The number of hydrogen-bond acceptors (Lipinski definition) is 1. The Morgan fingerprint density at radius 2 is 1.94 bits per heavy atom. The molecule has 0 heterocycles. The molecule has 1 saturated carbocycles. The molecule has 17 heavy (non-hydrogen) atoms. The second-order valence-electron chi connectivity index (χ2n) is 4.97. The van der Waals surface area contributed by atoms with E-state index in [4.69, 9.17) is 5.73 Å². The van der Waals surface area contributed by atoms with Crippen LogP contribution in [0.1, 0.15) is 44.9 Å². The normalized spacial score (nSPS) is 26.8. The van der Waals surface area contributed by atoms with Crippen LogP contribution in [0, 0.1) is 5.92 Å². The topological polar surface area (TPSA) is 26.0 Å². The van der Waals surface area contributed by atoms with Crippen LogP contribution in [0.3, 0.4) is 0 Å². The fourth-order valence-corrected chi connectivity index (χ4v) is 2.37. The maximum Gasteiger partial charge on any atom is 0.389 e. The molecule has 0 aliphatic heterocycles. The van der Waals surface area contributed by atoms with Gasteiger partial charge in [-0.15, -0.1) is 0 Å². The summed E-state index contributed by atoms with van der Waals surface area (Å²) in [5.74, 6) is -2.89. The molecule has 0 aromatic carbocycles. The third-order valence-corrected chi connectivity index (χ3v) is 3.18. The Kier molecular flexibility index (Phi) is 4.75. The molecule has 102 valence electrons. The molecule has 1 aliphatic rings. The van der Waals surface area contributed by atoms with Gasteiger partial charge in [-0.3, -0.25) is 0 Å². The van der Waals surface area contributed by atoms with Crippen LogP contribution in [0.5, 0.6) is 0 Å². The fourth-order valence-electron chi connectivity index (χ4n) is 2.37. The lowest BCUT2D eigenvalue weighted by atomic mass is 9.82. The molecule has 1 fully saturated rings. The van der Waals surface area contributed by atoms with Gasteiger partial charge < -0.3 is 5.73 Å². The van der Waals surface area contributed by atoms with E-state index in [0.717, 1.165) is 0 Å². The fraction of sp³-hybridized carbons (Fsp3) is 1.00. The van der Waals surface area contributed by atoms with Gasteiger partial charge in [0.1, 0.15) is 0 Å². The van der Waals surface area contributed by atoms with Gasteiger partial charge in [-0.1, -0.05) is 0 Å². The summed E-state index contributed by atoms with van der Waals surface area (Å²) < 4.78 is 61.9. The molecule has 0 radical (unpaired) electrons. The van der Waals surface area contributed by atoms with Gasteiger partial charge in [0.15, 0.2) is 0 Å². The highest BCUT2D eigenvalue weighted by atomic mass is 19.4. The molecule has 1 rings (SSSR count). The number of nitrogens with two attached hydrogens (primary N) is 1. The molecule has 0 aromatic rings. The van der Waals surface area contributed by atoms with Crippen molar-refractivity contribution in [2.45, 2.75) is 63.1 Å². The Morgan fingerprint density at radius 1 is 1.29 bits per heavy atom. The Morgan fingerprint density at radius 3 is 2.47 bits per heavy atom. The molecule has 0 spiro atoms. The number of alkyl halides is 5. The van der Waals surface area contributed by atoms with Crippen molar-refractivity contribution >= 4 is 0 Å². The highest BCUT2D eigenvalue weighted by molar-refractivity contribution is 4.81. The molecule has 6 heteroatoms. The Balaban J connectivity index is 2.28. The number of halogens is 5. The summed E-state index contributed by atoms with van der Waals surface area (Å²) in [6.45, 7) is 0. The van der Waals surface area contributed by atoms with E-state index in [-0.39, 0.29) is 31.6 Å². The monoisotopic (exact) mass is 259 g/mol. The molecule has 2 N–H and O–H groups in total. The van der Waals surface area contributed by atoms with Crippen molar-refractivity contribution in [3.8, 4) is 0 Å². The van der Waals surface area contributed by atoms with Crippen LogP contribution in [0.25, 0.3) is 0 Å². The Bertz CT molecular complexity index is 239. The molecule has 1 nitrogen and oxygen atoms in total. The zero-order chi connectivity index (χ0) is 13.1. The van der Waals surface area contributed by atoms with Crippen LogP contribution in [0.15, 0.2) is 0 Å². The third kappa shape index (κ3) is 6.19. The molecule has 0 bridgehead atoms. The van der Waals surface area contributed by atoms with E-state index in [2.05, 4.69) is 0 Å². The van der Waals surface area contributed by atoms with E-state index in [1.165, 1.54) is 0 Å². The molecule has 2 unspecified atom stereocenters. The zero-order valence-corrected chi connectivity index (χ0v) is 9.57. The highest BCUT2D eigenvalue weighted by Crippen LogP contribution is 2.38. The minimum Gasteiger partial charge on any atom is -0.328 e. The predicted molar refractivity (Wildman–Crippen MR) is 54.8 cm³/mol. The predicted octanol–water partition coefficient (Wildman–Crippen LogP) is 3.87.